The summed E-state index contributed by atoms with van der Waals surface area (Å²) in [5, 5.41) is 8.43. The Morgan fingerprint density at radius 3 is 2.64 bits per heavy atom. The van der Waals surface area contributed by atoms with Gasteiger partial charge in [0, 0.05) is 12.0 Å². The van der Waals surface area contributed by atoms with Crippen LogP contribution in [-0.2, 0) is 14.3 Å². The third-order valence-electron chi connectivity index (χ3n) is 1.56. The Labute approximate surface area is 84.5 Å². The van der Waals surface area contributed by atoms with E-state index in [9.17, 15) is 4.79 Å². The number of hydrogen-bond acceptors (Lipinski definition) is 4. The quantitative estimate of drug-likeness (QED) is 0.378. The Morgan fingerprint density at radius 2 is 2.14 bits per heavy atom. The molecule has 0 saturated heterocycles. The van der Waals surface area contributed by atoms with Crippen LogP contribution in [0.25, 0.3) is 0 Å². The molecule has 0 aliphatic rings. The average Bonchev–Trinajstić information content (AvgIpc) is 2.12. The number of aliphatic hydroxyl groups excluding tert-OH is 1. The molecule has 1 unspecified atom stereocenters. The Morgan fingerprint density at radius 1 is 1.50 bits per heavy atom. The van der Waals surface area contributed by atoms with Gasteiger partial charge in [-0.3, -0.25) is 0 Å². The second-order valence-corrected chi connectivity index (χ2v) is 3.12. The molecule has 0 fully saturated rings. The highest BCUT2D eigenvalue weighted by Gasteiger charge is 2.09. The maximum absolute atomic E-state index is 11.0. The zero-order valence-corrected chi connectivity index (χ0v) is 8.78. The summed E-state index contributed by atoms with van der Waals surface area (Å²) in [6.45, 7) is 7.69. The van der Waals surface area contributed by atoms with Gasteiger partial charge in [0.15, 0.2) is 0 Å². The van der Waals surface area contributed by atoms with Gasteiger partial charge < -0.3 is 14.6 Å². The summed E-state index contributed by atoms with van der Waals surface area (Å²) >= 11 is 0. The largest absolute Gasteiger partial charge is 0.459 e. The van der Waals surface area contributed by atoms with Gasteiger partial charge in [-0.25, -0.2) is 4.79 Å². The zero-order valence-electron chi connectivity index (χ0n) is 8.78. The van der Waals surface area contributed by atoms with Crippen molar-refractivity contribution in [3.05, 3.63) is 12.2 Å². The van der Waals surface area contributed by atoms with E-state index in [2.05, 4.69) is 6.58 Å². The van der Waals surface area contributed by atoms with E-state index in [0.29, 0.717) is 25.2 Å². The number of ether oxygens (including phenoxy) is 2. The number of carbonyl (C=O) groups is 1. The van der Waals surface area contributed by atoms with Gasteiger partial charge in [-0.05, 0) is 13.8 Å². The minimum absolute atomic E-state index is 0.0138. The molecule has 0 aromatic rings. The fraction of sp³-hybridized carbons (Fsp3) is 0.700. The van der Waals surface area contributed by atoms with E-state index < -0.39 is 0 Å². The molecule has 14 heavy (non-hydrogen) atoms. The molecule has 0 bridgehead atoms. The van der Waals surface area contributed by atoms with Crippen LogP contribution in [0.2, 0.25) is 0 Å². The van der Waals surface area contributed by atoms with Gasteiger partial charge in [0.25, 0.3) is 0 Å². The van der Waals surface area contributed by atoms with Crippen LogP contribution in [0.3, 0.4) is 0 Å². The fourth-order valence-corrected chi connectivity index (χ4v) is 0.758. The molecule has 0 spiro atoms. The molecule has 82 valence electrons. The molecule has 0 aromatic carbocycles. The van der Waals surface area contributed by atoms with E-state index in [-0.39, 0.29) is 18.7 Å². The van der Waals surface area contributed by atoms with Crippen molar-refractivity contribution >= 4 is 5.97 Å². The monoisotopic (exact) mass is 202 g/mol. The van der Waals surface area contributed by atoms with E-state index in [1.165, 1.54) is 0 Å². The van der Waals surface area contributed by atoms with Gasteiger partial charge >= 0.3 is 5.97 Å². The van der Waals surface area contributed by atoms with Crippen molar-refractivity contribution in [3.63, 3.8) is 0 Å². The number of aliphatic hydroxyl groups is 1. The molecule has 4 nitrogen and oxygen atoms in total. The predicted octanol–water partition coefficient (Wildman–Crippen LogP) is 0.893. The number of rotatable bonds is 7. The van der Waals surface area contributed by atoms with Gasteiger partial charge in [0.2, 0.25) is 0 Å². The van der Waals surface area contributed by atoms with Crippen molar-refractivity contribution in [2.45, 2.75) is 26.4 Å². The Bertz CT molecular complexity index is 189. The second kappa shape index (κ2) is 7.53. The number of carbonyl (C=O) groups excluding carboxylic acids is 1. The van der Waals surface area contributed by atoms with Gasteiger partial charge in [-0.2, -0.15) is 0 Å². The second-order valence-electron chi connectivity index (χ2n) is 3.12. The SMILES string of the molecule is C=C(C)C(=O)OC(C)CCOCCO. The lowest BCUT2D eigenvalue weighted by Gasteiger charge is -2.12. The van der Waals surface area contributed by atoms with Crippen molar-refractivity contribution in [1.82, 2.24) is 0 Å². The van der Waals surface area contributed by atoms with Crippen molar-refractivity contribution in [3.8, 4) is 0 Å². The molecular formula is C10H18O4. The van der Waals surface area contributed by atoms with E-state index in [1.807, 2.05) is 0 Å². The maximum Gasteiger partial charge on any atom is 0.333 e. The zero-order chi connectivity index (χ0) is 11.0. The van der Waals surface area contributed by atoms with Crippen LogP contribution in [0, 0.1) is 0 Å². The molecule has 0 radical (unpaired) electrons. The van der Waals surface area contributed by atoms with Crippen LogP contribution in [0.4, 0.5) is 0 Å². The lowest BCUT2D eigenvalue weighted by atomic mass is 10.3. The fourth-order valence-electron chi connectivity index (χ4n) is 0.758. The molecule has 0 saturated carbocycles. The van der Waals surface area contributed by atoms with Crippen LogP contribution >= 0.6 is 0 Å². The van der Waals surface area contributed by atoms with Crippen molar-refractivity contribution in [2.24, 2.45) is 0 Å². The molecule has 1 N–H and O–H groups in total. The van der Waals surface area contributed by atoms with E-state index in [1.54, 1.807) is 13.8 Å². The van der Waals surface area contributed by atoms with Crippen LogP contribution in [-0.4, -0.2) is 37.0 Å². The summed E-state index contributed by atoms with van der Waals surface area (Å²) in [5.41, 5.74) is 0.396. The Hall–Kier alpha value is -0.870. The lowest BCUT2D eigenvalue weighted by molar-refractivity contribution is -0.144. The summed E-state index contributed by atoms with van der Waals surface area (Å²) in [4.78, 5) is 11.0. The first-order chi connectivity index (χ1) is 6.57. The standard InChI is InChI=1S/C10H18O4/c1-8(2)10(12)14-9(3)4-6-13-7-5-11/h9,11H,1,4-7H2,2-3H3. The normalized spacial score (nSPS) is 12.2. The minimum Gasteiger partial charge on any atom is -0.459 e. The summed E-state index contributed by atoms with van der Waals surface area (Å²) < 4.78 is 10.0. The molecule has 0 rings (SSSR count). The molecular weight excluding hydrogens is 184 g/mol. The third-order valence-corrected chi connectivity index (χ3v) is 1.56. The molecule has 4 heteroatoms. The Balaban J connectivity index is 3.50. The number of esters is 1. The first kappa shape index (κ1) is 13.1. The molecule has 0 aromatic heterocycles. The summed E-state index contributed by atoms with van der Waals surface area (Å²) in [6, 6.07) is 0. The highest BCUT2D eigenvalue weighted by Crippen LogP contribution is 2.02. The van der Waals surface area contributed by atoms with Gasteiger partial charge in [-0.15, -0.1) is 0 Å². The van der Waals surface area contributed by atoms with E-state index in [4.69, 9.17) is 14.6 Å². The first-order valence-corrected chi connectivity index (χ1v) is 4.63. The third kappa shape index (κ3) is 6.62. The van der Waals surface area contributed by atoms with Crippen molar-refractivity contribution < 1.29 is 19.4 Å². The molecule has 0 heterocycles. The molecule has 1 atom stereocenters. The van der Waals surface area contributed by atoms with Crippen molar-refractivity contribution in [1.29, 1.82) is 0 Å². The lowest BCUT2D eigenvalue weighted by Crippen LogP contribution is -2.17. The van der Waals surface area contributed by atoms with E-state index >= 15 is 0 Å². The summed E-state index contributed by atoms with van der Waals surface area (Å²) in [5.74, 6) is -0.375. The van der Waals surface area contributed by atoms with E-state index in [0.717, 1.165) is 0 Å². The first-order valence-electron chi connectivity index (χ1n) is 4.63. The van der Waals surface area contributed by atoms with Gasteiger partial charge in [0.1, 0.15) is 6.10 Å². The summed E-state index contributed by atoms with van der Waals surface area (Å²) in [6.07, 6.45) is 0.442. The Kier molecular flexibility index (Phi) is 7.06. The topological polar surface area (TPSA) is 55.8 Å². The predicted molar refractivity (Wildman–Crippen MR) is 52.9 cm³/mol. The van der Waals surface area contributed by atoms with Crippen LogP contribution < -0.4 is 0 Å². The van der Waals surface area contributed by atoms with Gasteiger partial charge in [-0.1, -0.05) is 6.58 Å². The molecule has 0 aliphatic heterocycles. The van der Waals surface area contributed by atoms with Crippen LogP contribution in [0.15, 0.2) is 12.2 Å². The van der Waals surface area contributed by atoms with Crippen molar-refractivity contribution in [2.75, 3.05) is 19.8 Å². The highest BCUT2D eigenvalue weighted by molar-refractivity contribution is 5.87. The van der Waals surface area contributed by atoms with Crippen LogP contribution in [0.1, 0.15) is 20.3 Å². The number of hydrogen-bond donors (Lipinski definition) is 1. The molecule has 0 aliphatic carbocycles. The maximum atomic E-state index is 11.0. The smallest absolute Gasteiger partial charge is 0.333 e. The summed E-state index contributed by atoms with van der Waals surface area (Å²) in [7, 11) is 0. The average molecular weight is 202 g/mol. The highest BCUT2D eigenvalue weighted by atomic mass is 16.5. The van der Waals surface area contributed by atoms with Crippen LogP contribution in [0.5, 0.6) is 0 Å². The minimum atomic E-state index is -0.375. The van der Waals surface area contributed by atoms with Gasteiger partial charge in [0.05, 0.1) is 19.8 Å². The molecule has 0 amide bonds.